The molecule has 1 aromatic rings. The fraction of sp³-hybridized carbons (Fsp3) is 0.417. The lowest BCUT2D eigenvalue weighted by Crippen LogP contribution is -2.26. The van der Waals surface area contributed by atoms with Gasteiger partial charge in [0.15, 0.2) is 0 Å². The molecular weight excluding hydrogens is 300 g/mol. The van der Waals surface area contributed by atoms with Gasteiger partial charge in [0.1, 0.15) is 0 Å². The molecule has 1 aliphatic heterocycles. The zero-order valence-electron chi connectivity index (χ0n) is 9.63. The van der Waals surface area contributed by atoms with Crippen LogP contribution in [-0.4, -0.2) is 23.2 Å². The Hall–Kier alpha value is -0.520. The topological polar surface area (TPSA) is 41.1 Å². The first-order valence-electron chi connectivity index (χ1n) is 5.58. The van der Waals surface area contributed by atoms with Crippen LogP contribution in [0.2, 0.25) is 0 Å². The maximum Gasteiger partial charge on any atom is 0.237 e. The minimum atomic E-state index is 0.00316. The lowest BCUT2D eigenvalue weighted by Gasteiger charge is -2.21. The van der Waals surface area contributed by atoms with Gasteiger partial charge in [-0.1, -0.05) is 22.0 Å². The highest BCUT2D eigenvalue weighted by Crippen LogP contribution is 2.35. The van der Waals surface area contributed by atoms with E-state index in [-0.39, 0.29) is 11.2 Å². The first kappa shape index (κ1) is 12.9. The smallest absolute Gasteiger partial charge is 0.237 e. The third kappa shape index (κ3) is 3.24. The number of thioether (sulfide) groups is 1. The molecule has 1 atom stereocenters. The molecule has 1 aliphatic rings. The summed E-state index contributed by atoms with van der Waals surface area (Å²) in [5, 5.41) is 6.17. The number of fused-ring (bicyclic) bond motifs is 1. The summed E-state index contributed by atoms with van der Waals surface area (Å²) < 4.78 is 0. The van der Waals surface area contributed by atoms with E-state index >= 15 is 0 Å². The van der Waals surface area contributed by atoms with Crippen molar-refractivity contribution in [2.24, 2.45) is 0 Å². The van der Waals surface area contributed by atoms with Crippen LogP contribution in [0.5, 0.6) is 0 Å². The van der Waals surface area contributed by atoms with Crippen LogP contribution in [0, 0.1) is 0 Å². The summed E-state index contributed by atoms with van der Waals surface area (Å²) in [5.41, 5.74) is 3.00. The van der Waals surface area contributed by atoms with Crippen LogP contribution >= 0.6 is 27.7 Å². The Bertz CT molecular complexity index is 425. The predicted molar refractivity (Wildman–Crippen MR) is 75.9 cm³/mol. The molecule has 1 amide bonds. The molecule has 17 heavy (non-hydrogen) atoms. The molecule has 1 aromatic carbocycles. The number of nitrogens with one attached hydrogen (secondary N) is 2. The summed E-state index contributed by atoms with van der Waals surface area (Å²) in [7, 11) is 0. The highest BCUT2D eigenvalue weighted by Gasteiger charge is 2.22. The third-order valence-electron chi connectivity index (χ3n) is 2.66. The third-order valence-corrected chi connectivity index (χ3v) is 4.23. The second-order valence-electron chi connectivity index (χ2n) is 3.96. The van der Waals surface area contributed by atoms with E-state index in [1.54, 1.807) is 11.8 Å². The van der Waals surface area contributed by atoms with E-state index in [1.807, 2.05) is 6.92 Å². The Labute approximate surface area is 114 Å². The number of halogens is 1. The summed E-state index contributed by atoms with van der Waals surface area (Å²) in [4.78, 5) is 12.7. The lowest BCUT2D eigenvalue weighted by atomic mass is 10.1. The van der Waals surface area contributed by atoms with E-state index in [4.69, 9.17) is 0 Å². The number of amides is 1. The molecule has 92 valence electrons. The van der Waals surface area contributed by atoms with Crippen LogP contribution in [-0.2, 0) is 11.2 Å². The van der Waals surface area contributed by atoms with Crippen molar-refractivity contribution in [1.82, 2.24) is 5.32 Å². The van der Waals surface area contributed by atoms with Crippen molar-refractivity contribution in [3.63, 3.8) is 0 Å². The number of hydrogen-bond donors (Lipinski definition) is 2. The molecular formula is C12H15BrN2OS. The average molecular weight is 315 g/mol. The van der Waals surface area contributed by atoms with Crippen LogP contribution in [0.25, 0.3) is 0 Å². The zero-order chi connectivity index (χ0) is 12.3. The van der Waals surface area contributed by atoms with E-state index in [0.29, 0.717) is 0 Å². The van der Waals surface area contributed by atoms with Crippen molar-refractivity contribution in [3.8, 4) is 0 Å². The standard InChI is InChI=1S/C12H15BrN2OS/c1-8-12(16)15-10-6-9(4-5-14-7-13)2-3-11(10)17-8/h2-3,6,8,14H,4-5,7H2,1H3,(H,15,16). The Morgan fingerprint density at radius 3 is 3.12 bits per heavy atom. The average Bonchev–Trinajstić information content (AvgIpc) is 2.31. The molecule has 0 radical (unpaired) electrons. The monoisotopic (exact) mass is 314 g/mol. The molecule has 0 saturated heterocycles. The summed E-state index contributed by atoms with van der Waals surface area (Å²) >= 11 is 4.95. The van der Waals surface area contributed by atoms with E-state index < -0.39 is 0 Å². The van der Waals surface area contributed by atoms with Crippen molar-refractivity contribution in [2.45, 2.75) is 23.5 Å². The number of carbonyl (C=O) groups is 1. The normalized spacial score (nSPS) is 18.7. The lowest BCUT2D eigenvalue weighted by molar-refractivity contribution is -0.115. The number of anilines is 1. The number of carbonyl (C=O) groups excluding carboxylic acids is 1. The van der Waals surface area contributed by atoms with Crippen LogP contribution < -0.4 is 10.6 Å². The van der Waals surface area contributed by atoms with Crippen LogP contribution in [0.1, 0.15) is 12.5 Å². The van der Waals surface area contributed by atoms with Gasteiger partial charge in [0.25, 0.3) is 0 Å². The Balaban J connectivity index is 2.09. The molecule has 2 rings (SSSR count). The van der Waals surface area contributed by atoms with E-state index in [1.165, 1.54) is 5.56 Å². The summed E-state index contributed by atoms with van der Waals surface area (Å²) in [5.74, 6) is 0.0956. The zero-order valence-corrected chi connectivity index (χ0v) is 12.0. The minimum absolute atomic E-state index is 0.00316. The van der Waals surface area contributed by atoms with E-state index in [2.05, 4.69) is 44.8 Å². The number of hydrogen-bond acceptors (Lipinski definition) is 3. The summed E-state index contributed by atoms with van der Waals surface area (Å²) in [6.07, 6.45) is 0.967. The maximum atomic E-state index is 11.6. The number of benzene rings is 1. The van der Waals surface area contributed by atoms with Gasteiger partial charge in [-0.15, -0.1) is 11.8 Å². The van der Waals surface area contributed by atoms with Gasteiger partial charge in [0, 0.05) is 4.90 Å². The van der Waals surface area contributed by atoms with Crippen molar-refractivity contribution in [1.29, 1.82) is 0 Å². The van der Waals surface area contributed by atoms with Crippen LogP contribution in [0.15, 0.2) is 23.1 Å². The van der Waals surface area contributed by atoms with Gasteiger partial charge in [-0.3, -0.25) is 4.79 Å². The maximum absolute atomic E-state index is 11.6. The second kappa shape index (κ2) is 5.89. The largest absolute Gasteiger partial charge is 0.324 e. The highest BCUT2D eigenvalue weighted by atomic mass is 79.9. The van der Waals surface area contributed by atoms with E-state index in [9.17, 15) is 4.79 Å². The molecule has 0 aliphatic carbocycles. The van der Waals surface area contributed by atoms with Gasteiger partial charge in [-0.25, -0.2) is 0 Å². The van der Waals surface area contributed by atoms with Gasteiger partial charge >= 0.3 is 0 Å². The van der Waals surface area contributed by atoms with Crippen molar-refractivity contribution >= 4 is 39.3 Å². The van der Waals surface area contributed by atoms with Crippen LogP contribution in [0.4, 0.5) is 5.69 Å². The molecule has 1 unspecified atom stereocenters. The van der Waals surface area contributed by atoms with Gasteiger partial charge in [0.05, 0.1) is 16.4 Å². The molecule has 0 spiro atoms. The molecule has 0 saturated carbocycles. The molecule has 0 fully saturated rings. The first-order valence-corrected chi connectivity index (χ1v) is 7.58. The predicted octanol–water partition coefficient (Wildman–Crippen LogP) is 2.60. The minimum Gasteiger partial charge on any atom is -0.324 e. The van der Waals surface area contributed by atoms with Crippen molar-refractivity contribution in [3.05, 3.63) is 23.8 Å². The highest BCUT2D eigenvalue weighted by molar-refractivity contribution is 9.09. The van der Waals surface area contributed by atoms with Gasteiger partial charge in [0.2, 0.25) is 5.91 Å². The Morgan fingerprint density at radius 1 is 1.53 bits per heavy atom. The van der Waals surface area contributed by atoms with E-state index in [0.717, 1.165) is 29.0 Å². The Morgan fingerprint density at radius 2 is 2.35 bits per heavy atom. The first-order chi connectivity index (χ1) is 8.20. The SMILES string of the molecule is CC1Sc2ccc(CCNCBr)cc2NC1=O. The van der Waals surface area contributed by atoms with Crippen molar-refractivity contribution in [2.75, 3.05) is 17.3 Å². The quantitative estimate of drug-likeness (QED) is 0.510. The number of alkyl halides is 1. The molecule has 1 heterocycles. The van der Waals surface area contributed by atoms with Gasteiger partial charge in [-0.05, 0) is 37.6 Å². The molecule has 5 heteroatoms. The summed E-state index contributed by atoms with van der Waals surface area (Å²) in [6.45, 7) is 2.86. The fourth-order valence-electron chi connectivity index (χ4n) is 1.71. The Kier molecular flexibility index (Phi) is 4.48. The molecule has 2 N–H and O–H groups in total. The van der Waals surface area contributed by atoms with Crippen LogP contribution in [0.3, 0.4) is 0 Å². The molecule has 0 aromatic heterocycles. The fourth-order valence-corrected chi connectivity index (χ4v) is 2.92. The number of rotatable bonds is 4. The molecule has 3 nitrogen and oxygen atoms in total. The van der Waals surface area contributed by atoms with Gasteiger partial charge in [-0.2, -0.15) is 0 Å². The molecule has 0 bridgehead atoms. The van der Waals surface area contributed by atoms with Crippen molar-refractivity contribution < 1.29 is 4.79 Å². The van der Waals surface area contributed by atoms with Gasteiger partial charge < -0.3 is 10.6 Å². The summed E-state index contributed by atoms with van der Waals surface area (Å²) in [6, 6.07) is 6.30. The second-order valence-corrected chi connectivity index (χ2v) is 5.91.